The van der Waals surface area contributed by atoms with Crippen molar-refractivity contribution in [2.75, 3.05) is 0 Å². The van der Waals surface area contributed by atoms with E-state index in [-0.39, 0.29) is 46.5 Å². The van der Waals surface area contributed by atoms with Crippen molar-refractivity contribution in [3.63, 3.8) is 0 Å². The van der Waals surface area contributed by atoms with Crippen molar-refractivity contribution in [1.82, 2.24) is 0 Å². The van der Waals surface area contributed by atoms with Crippen LogP contribution >= 0.6 is 8.58 Å². The molecule has 33 heavy (non-hydrogen) atoms. The van der Waals surface area contributed by atoms with E-state index in [4.69, 9.17) is 0 Å². The molecule has 1 aliphatic carbocycles. The minimum Gasteiger partial charge on any atom is -1.00 e. The molecular formula is C29H23Cl2PTi. The topological polar surface area (TPSA) is 0 Å². The monoisotopic (exact) mass is 520 g/mol. The number of benzene rings is 4. The van der Waals surface area contributed by atoms with Crippen LogP contribution in [0.5, 0.6) is 0 Å². The number of fused-ring (bicyclic) bond motifs is 4. The maximum atomic E-state index is 3.30. The fraction of sp³-hybridized carbons (Fsp3) is 0.0690. The Morgan fingerprint density at radius 3 is 2.30 bits per heavy atom. The van der Waals surface area contributed by atoms with Crippen LogP contribution in [0.1, 0.15) is 16.7 Å². The van der Waals surface area contributed by atoms with Gasteiger partial charge in [-0.15, -0.1) is 45.9 Å². The van der Waals surface area contributed by atoms with Crippen LogP contribution in [0.15, 0.2) is 103 Å². The van der Waals surface area contributed by atoms with Crippen molar-refractivity contribution >= 4 is 30.0 Å². The first-order valence-corrected chi connectivity index (χ1v) is 11.3. The Balaban J connectivity index is 0.000000220. The Labute approximate surface area is 225 Å². The van der Waals surface area contributed by atoms with Crippen LogP contribution in [-0.4, -0.2) is 0 Å². The van der Waals surface area contributed by atoms with Gasteiger partial charge in [0, 0.05) is 0 Å². The molecule has 0 heterocycles. The molecule has 6 rings (SSSR count). The number of halogens is 2. The summed E-state index contributed by atoms with van der Waals surface area (Å²) in [6.07, 6.45) is 1.05. The summed E-state index contributed by atoms with van der Waals surface area (Å²) >= 11 is 0. The van der Waals surface area contributed by atoms with E-state index < -0.39 is 0 Å². The maximum absolute atomic E-state index is 3.30. The van der Waals surface area contributed by atoms with Crippen molar-refractivity contribution < 1.29 is 46.5 Å². The minimum atomic E-state index is 0. The minimum absolute atomic E-state index is 0. The molecule has 0 nitrogen and oxygen atoms in total. The van der Waals surface area contributed by atoms with Gasteiger partial charge in [-0.2, -0.15) is 35.9 Å². The quantitative estimate of drug-likeness (QED) is 0.178. The Kier molecular flexibility index (Phi) is 10.5. The van der Waals surface area contributed by atoms with E-state index in [0.29, 0.717) is 0 Å². The van der Waals surface area contributed by atoms with Crippen LogP contribution in [0.25, 0.3) is 21.9 Å². The molecule has 162 valence electrons. The van der Waals surface area contributed by atoms with E-state index in [2.05, 4.69) is 110 Å². The summed E-state index contributed by atoms with van der Waals surface area (Å²) in [5.74, 6) is 0. The summed E-state index contributed by atoms with van der Waals surface area (Å²) in [5, 5.41) is 5.58. The molecular weight excluding hydrogens is 498 g/mol. The summed E-state index contributed by atoms with van der Waals surface area (Å²) in [4.78, 5) is 0. The van der Waals surface area contributed by atoms with E-state index in [0.717, 1.165) is 15.0 Å². The van der Waals surface area contributed by atoms with E-state index in [1.165, 1.54) is 49.2 Å². The molecule has 0 spiro atoms. The van der Waals surface area contributed by atoms with Gasteiger partial charge in [0.15, 0.2) is 0 Å². The Morgan fingerprint density at radius 2 is 1.48 bits per heavy atom. The maximum Gasteiger partial charge on any atom is 4.00 e. The molecule has 0 amide bonds. The Bertz CT molecular complexity index is 1250. The van der Waals surface area contributed by atoms with Gasteiger partial charge < -0.3 is 24.8 Å². The summed E-state index contributed by atoms with van der Waals surface area (Å²) in [7, 11) is 0.759. The molecule has 0 saturated heterocycles. The third-order valence-electron chi connectivity index (χ3n) is 5.66. The van der Waals surface area contributed by atoms with Crippen LogP contribution < -0.4 is 35.4 Å². The van der Waals surface area contributed by atoms with Crippen LogP contribution in [-0.2, 0) is 28.1 Å². The van der Waals surface area contributed by atoms with Crippen molar-refractivity contribution in [3.05, 3.63) is 126 Å². The zero-order valence-electron chi connectivity index (χ0n) is 18.3. The molecule has 5 aromatic rings. The Morgan fingerprint density at radius 1 is 0.788 bits per heavy atom. The van der Waals surface area contributed by atoms with Crippen molar-refractivity contribution in [2.24, 2.45) is 0 Å². The third-order valence-corrected chi connectivity index (χ3v) is 7.07. The van der Waals surface area contributed by atoms with Crippen LogP contribution in [0.3, 0.4) is 0 Å². The van der Waals surface area contributed by atoms with Crippen molar-refractivity contribution in [3.8, 4) is 11.1 Å². The predicted molar refractivity (Wildman–Crippen MR) is 132 cm³/mol. The van der Waals surface area contributed by atoms with Crippen molar-refractivity contribution in [2.45, 2.75) is 13.3 Å². The molecule has 1 atom stereocenters. The SMILES string of the molecule is Cc1ccccc1Pc1cc2ccccc2[cH-]1.[Cl-].[Cl-].[Ti+4].[c-]1cccc2c1Cc1ccccc1-2. The molecule has 5 aromatic carbocycles. The number of hydrogen-bond donors (Lipinski definition) is 0. The second-order valence-corrected chi connectivity index (χ2v) is 9.08. The first kappa shape index (κ1) is 27.5. The van der Waals surface area contributed by atoms with Gasteiger partial charge in [0.2, 0.25) is 0 Å². The smallest absolute Gasteiger partial charge is 1.00 e. The normalized spacial score (nSPS) is 10.8. The van der Waals surface area contributed by atoms with E-state index in [1.54, 1.807) is 0 Å². The van der Waals surface area contributed by atoms with Gasteiger partial charge in [-0.3, -0.25) is 0 Å². The van der Waals surface area contributed by atoms with Crippen LogP contribution in [0.2, 0.25) is 0 Å². The van der Waals surface area contributed by atoms with Gasteiger partial charge in [0.25, 0.3) is 0 Å². The molecule has 0 aliphatic heterocycles. The predicted octanol–water partition coefficient (Wildman–Crippen LogP) is 0.560. The average molecular weight is 521 g/mol. The molecule has 0 bridgehead atoms. The fourth-order valence-corrected chi connectivity index (χ4v) is 5.32. The second-order valence-electron chi connectivity index (χ2n) is 7.71. The number of hydrogen-bond acceptors (Lipinski definition) is 0. The first-order chi connectivity index (χ1) is 14.8. The average Bonchev–Trinajstić information content (AvgIpc) is 3.36. The zero-order chi connectivity index (χ0) is 20.3. The second kappa shape index (κ2) is 12.6. The molecule has 4 heteroatoms. The molecule has 0 N–H and O–H groups in total. The van der Waals surface area contributed by atoms with E-state index >= 15 is 0 Å². The molecule has 1 aliphatic rings. The van der Waals surface area contributed by atoms with Crippen molar-refractivity contribution in [1.29, 1.82) is 0 Å². The number of rotatable bonds is 2. The number of aryl methyl sites for hydroxylation is 1. The Hall–Kier alpha value is -1.79. The molecule has 0 saturated carbocycles. The van der Waals surface area contributed by atoms with Gasteiger partial charge >= 0.3 is 21.7 Å². The third kappa shape index (κ3) is 6.21. The van der Waals surface area contributed by atoms with Gasteiger partial charge in [0.05, 0.1) is 0 Å². The fourth-order valence-electron chi connectivity index (χ4n) is 4.09. The van der Waals surface area contributed by atoms with Gasteiger partial charge in [-0.1, -0.05) is 74.3 Å². The van der Waals surface area contributed by atoms with Gasteiger partial charge in [-0.25, -0.2) is 0 Å². The van der Waals surface area contributed by atoms with Crippen LogP contribution in [0, 0.1) is 13.0 Å². The molecule has 0 fully saturated rings. The largest absolute Gasteiger partial charge is 4.00 e. The summed E-state index contributed by atoms with van der Waals surface area (Å²) in [5.41, 5.74) is 6.90. The van der Waals surface area contributed by atoms with Gasteiger partial charge in [0.1, 0.15) is 0 Å². The summed E-state index contributed by atoms with van der Waals surface area (Å²) < 4.78 is 0. The zero-order valence-corrected chi connectivity index (χ0v) is 22.4. The van der Waals surface area contributed by atoms with E-state index in [1.807, 2.05) is 6.07 Å². The van der Waals surface area contributed by atoms with Gasteiger partial charge in [-0.05, 0) is 24.2 Å². The molecule has 0 aromatic heterocycles. The first-order valence-electron chi connectivity index (χ1n) is 10.3. The molecule has 0 radical (unpaired) electrons. The summed E-state index contributed by atoms with van der Waals surface area (Å²) in [6, 6.07) is 39.9. The standard InChI is InChI=1S/C16H14P.C13H9.2ClH.Ti/c1-12-6-2-5-9-16(12)17-15-10-13-7-3-4-8-14(13)11-15;1-3-7-12-10(5-1)9-11-6-2-4-8-13(11)12;;;/h2-11,17H,1H3;1-5,7-8H,9H2;2*1H;/q2*-1;;;+4/p-2. The molecule has 1 unspecified atom stereocenters. The van der Waals surface area contributed by atoms with Crippen LogP contribution in [0.4, 0.5) is 0 Å². The summed E-state index contributed by atoms with van der Waals surface area (Å²) in [6.45, 7) is 2.19. The van der Waals surface area contributed by atoms with E-state index in [9.17, 15) is 0 Å².